The van der Waals surface area contributed by atoms with Gasteiger partial charge >= 0.3 is 15.9 Å². The third kappa shape index (κ3) is 2.20. The van der Waals surface area contributed by atoms with Crippen LogP contribution < -0.4 is 14.9 Å². The molecule has 0 amide bonds. The lowest BCUT2D eigenvalue weighted by atomic mass is 10.2. The van der Waals surface area contributed by atoms with Gasteiger partial charge in [0.1, 0.15) is 5.58 Å². The lowest BCUT2D eigenvalue weighted by Gasteiger charge is -2.01. The average molecular weight is 241 g/mol. The van der Waals surface area contributed by atoms with Crippen LogP contribution in [0.15, 0.2) is 39.5 Å². The number of hydrogen-bond donors (Lipinski definition) is 1. The van der Waals surface area contributed by atoms with Crippen molar-refractivity contribution in [2.24, 2.45) is 5.14 Å². The molecule has 0 spiro atoms. The van der Waals surface area contributed by atoms with Crippen molar-refractivity contribution in [2.75, 3.05) is 0 Å². The van der Waals surface area contributed by atoms with E-state index in [1.165, 1.54) is 6.07 Å². The Kier molecular flexibility index (Phi) is 2.41. The molecule has 1 heterocycles. The van der Waals surface area contributed by atoms with Crippen LogP contribution in [-0.4, -0.2) is 8.42 Å². The molecule has 2 aromatic rings. The van der Waals surface area contributed by atoms with Gasteiger partial charge in [-0.3, -0.25) is 0 Å². The summed E-state index contributed by atoms with van der Waals surface area (Å²) in [7, 11) is -4.23. The van der Waals surface area contributed by atoms with E-state index in [0.29, 0.717) is 11.0 Å². The Morgan fingerprint density at radius 3 is 2.62 bits per heavy atom. The minimum atomic E-state index is -4.23. The molecule has 0 aliphatic rings. The molecule has 84 valence electrons. The van der Waals surface area contributed by atoms with Crippen LogP contribution in [0.2, 0.25) is 0 Å². The highest BCUT2D eigenvalue weighted by Crippen LogP contribution is 2.16. The van der Waals surface area contributed by atoms with Gasteiger partial charge in [0.15, 0.2) is 0 Å². The molecule has 0 aliphatic carbocycles. The Morgan fingerprint density at radius 2 is 1.94 bits per heavy atom. The van der Waals surface area contributed by atoms with E-state index in [4.69, 9.17) is 4.42 Å². The summed E-state index contributed by atoms with van der Waals surface area (Å²) in [5.41, 5.74) is -0.554. The summed E-state index contributed by atoms with van der Waals surface area (Å²) in [5, 5.41) is 5.19. The van der Waals surface area contributed by atoms with E-state index in [0.717, 1.165) is 0 Å². The van der Waals surface area contributed by atoms with Crippen LogP contribution in [-0.2, 0) is 10.3 Å². The standard InChI is InChI=1S/C9H7NO5S/c10-16(12,13)15-8-5-6-3-1-2-4-7(6)14-9(8)11/h1-5H,(H2,10,12,13). The first kappa shape index (κ1) is 10.7. The van der Waals surface area contributed by atoms with Gasteiger partial charge < -0.3 is 8.60 Å². The van der Waals surface area contributed by atoms with Crippen molar-refractivity contribution in [3.05, 3.63) is 40.8 Å². The summed E-state index contributed by atoms with van der Waals surface area (Å²) in [6.07, 6.45) is 0. The Hall–Kier alpha value is -1.86. The quantitative estimate of drug-likeness (QED) is 0.766. The van der Waals surface area contributed by atoms with Crippen LogP contribution in [0, 0.1) is 0 Å². The minimum Gasteiger partial charge on any atom is -0.420 e. The van der Waals surface area contributed by atoms with Crippen molar-refractivity contribution in [3.8, 4) is 5.75 Å². The van der Waals surface area contributed by atoms with E-state index in [1.54, 1.807) is 24.3 Å². The molecule has 1 aromatic heterocycles. The molecule has 0 atom stereocenters. The SMILES string of the molecule is NS(=O)(=O)Oc1cc2ccccc2oc1=O. The van der Waals surface area contributed by atoms with Crippen LogP contribution in [0.25, 0.3) is 11.0 Å². The first-order chi connectivity index (χ1) is 7.46. The normalized spacial score (nSPS) is 11.6. The lowest BCUT2D eigenvalue weighted by molar-refractivity contribution is 0.457. The van der Waals surface area contributed by atoms with Crippen molar-refractivity contribution in [1.82, 2.24) is 0 Å². The average Bonchev–Trinajstić information content (AvgIpc) is 2.17. The molecule has 1 aromatic carbocycles. The molecule has 0 saturated heterocycles. The number of rotatable bonds is 2. The maximum absolute atomic E-state index is 11.3. The zero-order valence-corrected chi connectivity index (χ0v) is 8.73. The zero-order valence-electron chi connectivity index (χ0n) is 7.91. The first-order valence-electron chi connectivity index (χ1n) is 4.21. The van der Waals surface area contributed by atoms with E-state index in [-0.39, 0.29) is 0 Å². The monoisotopic (exact) mass is 241 g/mol. The molecule has 2 rings (SSSR count). The van der Waals surface area contributed by atoms with Gasteiger partial charge in [0, 0.05) is 11.5 Å². The predicted octanol–water partition coefficient (Wildman–Crippen LogP) is 0.375. The first-order valence-corrected chi connectivity index (χ1v) is 5.68. The molecule has 0 saturated carbocycles. The van der Waals surface area contributed by atoms with Gasteiger partial charge in [-0.1, -0.05) is 18.2 Å². The molecule has 0 radical (unpaired) electrons. The number of benzene rings is 1. The summed E-state index contributed by atoms with van der Waals surface area (Å²) in [6, 6.07) is 7.88. The largest absolute Gasteiger partial charge is 0.420 e. The van der Waals surface area contributed by atoms with Gasteiger partial charge in [-0.15, -0.1) is 0 Å². The Morgan fingerprint density at radius 1 is 1.25 bits per heavy atom. The predicted molar refractivity (Wildman–Crippen MR) is 56.2 cm³/mol. The van der Waals surface area contributed by atoms with Gasteiger partial charge in [-0.2, -0.15) is 13.6 Å². The van der Waals surface area contributed by atoms with E-state index >= 15 is 0 Å². The van der Waals surface area contributed by atoms with Crippen molar-refractivity contribution in [3.63, 3.8) is 0 Å². The van der Waals surface area contributed by atoms with E-state index in [2.05, 4.69) is 9.32 Å². The summed E-state index contributed by atoms with van der Waals surface area (Å²) in [5.74, 6) is -0.457. The highest BCUT2D eigenvalue weighted by Gasteiger charge is 2.11. The van der Waals surface area contributed by atoms with E-state index in [1.807, 2.05) is 0 Å². The van der Waals surface area contributed by atoms with Gasteiger partial charge in [0.2, 0.25) is 5.75 Å². The van der Waals surface area contributed by atoms with Crippen LogP contribution in [0.5, 0.6) is 5.75 Å². The third-order valence-corrected chi connectivity index (χ3v) is 2.23. The second-order valence-corrected chi connectivity index (χ2v) is 4.16. The van der Waals surface area contributed by atoms with Gasteiger partial charge in [0.25, 0.3) is 0 Å². The van der Waals surface area contributed by atoms with Crippen LogP contribution in [0.3, 0.4) is 0 Å². The molecule has 16 heavy (non-hydrogen) atoms. The highest BCUT2D eigenvalue weighted by atomic mass is 32.2. The number of fused-ring (bicyclic) bond motifs is 1. The maximum atomic E-state index is 11.3. The van der Waals surface area contributed by atoms with Crippen LogP contribution in [0.1, 0.15) is 0 Å². The molecule has 0 bridgehead atoms. The molecule has 7 heteroatoms. The second kappa shape index (κ2) is 3.62. The van der Waals surface area contributed by atoms with E-state index < -0.39 is 21.7 Å². The number of para-hydroxylation sites is 1. The molecule has 0 aliphatic heterocycles. The van der Waals surface area contributed by atoms with Crippen molar-refractivity contribution in [1.29, 1.82) is 0 Å². The fourth-order valence-electron chi connectivity index (χ4n) is 1.23. The summed E-state index contributed by atoms with van der Waals surface area (Å²) < 4.78 is 30.5. The van der Waals surface area contributed by atoms with Crippen LogP contribution >= 0.6 is 0 Å². The second-order valence-electron chi connectivity index (χ2n) is 3.01. The Balaban J connectivity index is 2.63. The summed E-state index contributed by atoms with van der Waals surface area (Å²) in [6.45, 7) is 0. The van der Waals surface area contributed by atoms with Crippen molar-refractivity contribution < 1.29 is 17.0 Å². The Bertz CT molecular complexity index is 688. The van der Waals surface area contributed by atoms with Crippen molar-refractivity contribution >= 4 is 21.3 Å². The third-order valence-electron chi connectivity index (χ3n) is 1.82. The fraction of sp³-hybridized carbons (Fsp3) is 0. The topological polar surface area (TPSA) is 99.6 Å². The number of hydrogen-bond acceptors (Lipinski definition) is 5. The molecule has 2 N–H and O–H groups in total. The minimum absolute atomic E-state index is 0.342. The Labute approximate surface area is 90.5 Å². The zero-order chi connectivity index (χ0) is 11.8. The molecule has 0 unspecified atom stereocenters. The van der Waals surface area contributed by atoms with Crippen LogP contribution in [0.4, 0.5) is 0 Å². The van der Waals surface area contributed by atoms with Gasteiger partial charge in [-0.25, -0.2) is 4.79 Å². The van der Waals surface area contributed by atoms with E-state index in [9.17, 15) is 13.2 Å². The highest BCUT2D eigenvalue weighted by molar-refractivity contribution is 7.84. The smallest absolute Gasteiger partial charge is 0.380 e. The summed E-state index contributed by atoms with van der Waals surface area (Å²) in [4.78, 5) is 11.3. The van der Waals surface area contributed by atoms with Gasteiger partial charge in [-0.05, 0) is 6.07 Å². The fourth-order valence-corrected chi connectivity index (χ4v) is 1.59. The molecule has 0 fully saturated rings. The maximum Gasteiger partial charge on any atom is 0.380 e. The van der Waals surface area contributed by atoms with Gasteiger partial charge in [0.05, 0.1) is 0 Å². The van der Waals surface area contributed by atoms with Crippen molar-refractivity contribution in [2.45, 2.75) is 0 Å². The molecular formula is C9H7NO5S. The molecule has 6 nitrogen and oxygen atoms in total. The summed E-state index contributed by atoms with van der Waals surface area (Å²) >= 11 is 0. The lowest BCUT2D eigenvalue weighted by Crippen LogP contribution is -2.22. The molecular weight excluding hydrogens is 234 g/mol. The number of nitrogens with two attached hydrogens (primary N) is 1.